The minimum Gasteiger partial charge on any atom is -0.481 e. The van der Waals surface area contributed by atoms with Crippen LogP contribution in [0.1, 0.15) is 34.1 Å². The molecule has 3 atom stereocenters. The third kappa shape index (κ3) is 4.27. The summed E-state index contributed by atoms with van der Waals surface area (Å²) < 4.78 is 0. The number of rotatable bonds is 5. The van der Waals surface area contributed by atoms with Crippen molar-refractivity contribution in [2.75, 3.05) is 0 Å². The first-order valence-electron chi connectivity index (χ1n) is 4.77. The average molecular weight is 188 g/mol. The average Bonchev–Trinajstić information content (AvgIpc) is 2.00. The van der Waals surface area contributed by atoms with Gasteiger partial charge in [0.1, 0.15) is 0 Å². The van der Waals surface area contributed by atoms with Crippen LogP contribution in [0.25, 0.3) is 0 Å². The van der Waals surface area contributed by atoms with E-state index >= 15 is 0 Å². The zero-order chi connectivity index (χ0) is 10.6. The van der Waals surface area contributed by atoms with Gasteiger partial charge in [0.05, 0.1) is 12.0 Å². The van der Waals surface area contributed by atoms with Crippen LogP contribution >= 0.6 is 0 Å². The molecule has 3 heteroatoms. The maximum absolute atomic E-state index is 10.6. The highest BCUT2D eigenvalue weighted by atomic mass is 16.4. The lowest BCUT2D eigenvalue weighted by molar-refractivity contribution is -0.146. The summed E-state index contributed by atoms with van der Waals surface area (Å²) in [7, 11) is 0. The normalized spacial score (nSPS) is 18.3. The molecule has 0 aliphatic carbocycles. The molecule has 2 unspecified atom stereocenters. The molecule has 0 aromatic carbocycles. The highest BCUT2D eigenvalue weighted by Crippen LogP contribution is 2.20. The largest absolute Gasteiger partial charge is 0.481 e. The summed E-state index contributed by atoms with van der Waals surface area (Å²) in [6.45, 7) is 7.57. The van der Waals surface area contributed by atoms with Gasteiger partial charge in [-0.1, -0.05) is 20.8 Å². The molecule has 78 valence electrons. The Morgan fingerprint density at radius 3 is 2.00 bits per heavy atom. The molecule has 0 spiro atoms. The van der Waals surface area contributed by atoms with E-state index in [1.807, 2.05) is 6.92 Å². The van der Waals surface area contributed by atoms with E-state index in [1.165, 1.54) is 0 Å². The standard InChI is InChI=1S/C10H20O3/c1-6(2)5-7(3)9(11)8(4)10(12)13/h6-9,11H,5H2,1-4H3,(H,12,13)/t7?,8?,9-/m1/s1. The summed E-state index contributed by atoms with van der Waals surface area (Å²) in [5, 5.41) is 18.3. The van der Waals surface area contributed by atoms with E-state index in [0.717, 1.165) is 6.42 Å². The van der Waals surface area contributed by atoms with Crippen molar-refractivity contribution in [1.29, 1.82) is 0 Å². The van der Waals surface area contributed by atoms with Crippen molar-refractivity contribution < 1.29 is 15.0 Å². The first-order chi connectivity index (χ1) is 5.86. The van der Waals surface area contributed by atoms with E-state index in [1.54, 1.807) is 6.92 Å². The number of aliphatic hydroxyl groups is 1. The van der Waals surface area contributed by atoms with Crippen LogP contribution in [-0.2, 0) is 4.79 Å². The molecule has 2 N–H and O–H groups in total. The third-order valence-corrected chi connectivity index (χ3v) is 2.33. The Morgan fingerprint density at radius 2 is 1.69 bits per heavy atom. The van der Waals surface area contributed by atoms with Crippen LogP contribution in [0.2, 0.25) is 0 Å². The van der Waals surface area contributed by atoms with Crippen LogP contribution in [-0.4, -0.2) is 22.3 Å². The Balaban J connectivity index is 4.08. The molecule has 0 aliphatic heterocycles. The van der Waals surface area contributed by atoms with E-state index < -0.39 is 18.0 Å². The van der Waals surface area contributed by atoms with Crippen molar-refractivity contribution >= 4 is 5.97 Å². The molecule has 0 aromatic heterocycles. The predicted octanol–water partition coefficient (Wildman–Crippen LogP) is 1.75. The molecular formula is C10H20O3. The summed E-state index contributed by atoms with van der Waals surface area (Å²) in [5.41, 5.74) is 0. The Labute approximate surface area is 79.8 Å². The Bertz CT molecular complexity index is 166. The van der Waals surface area contributed by atoms with Gasteiger partial charge in [0.15, 0.2) is 0 Å². The van der Waals surface area contributed by atoms with Crippen molar-refractivity contribution in [3.05, 3.63) is 0 Å². The van der Waals surface area contributed by atoms with Crippen LogP contribution in [0.15, 0.2) is 0 Å². The SMILES string of the molecule is CC(C)CC(C)[C@@H](O)C(C)C(=O)O. The molecule has 0 aliphatic rings. The Kier molecular flexibility index (Phi) is 4.99. The van der Waals surface area contributed by atoms with Gasteiger partial charge in [-0.2, -0.15) is 0 Å². The van der Waals surface area contributed by atoms with Gasteiger partial charge in [-0.15, -0.1) is 0 Å². The van der Waals surface area contributed by atoms with Gasteiger partial charge in [0.2, 0.25) is 0 Å². The summed E-state index contributed by atoms with van der Waals surface area (Å²) in [6.07, 6.45) is 0.124. The monoisotopic (exact) mass is 188 g/mol. The minimum atomic E-state index is -0.928. The second-order valence-corrected chi connectivity index (χ2v) is 4.22. The summed E-state index contributed by atoms with van der Waals surface area (Å²) in [4.78, 5) is 10.6. The number of carbonyl (C=O) groups is 1. The summed E-state index contributed by atoms with van der Waals surface area (Å²) in [6, 6.07) is 0. The fourth-order valence-corrected chi connectivity index (χ4v) is 1.52. The fourth-order valence-electron chi connectivity index (χ4n) is 1.52. The highest BCUT2D eigenvalue weighted by molar-refractivity contribution is 5.70. The summed E-state index contributed by atoms with van der Waals surface area (Å²) in [5.74, 6) is -1.06. The van der Waals surface area contributed by atoms with Crippen LogP contribution in [0.3, 0.4) is 0 Å². The lowest BCUT2D eigenvalue weighted by atomic mass is 9.87. The van der Waals surface area contributed by atoms with Gasteiger partial charge in [-0.3, -0.25) is 4.79 Å². The number of carboxylic acids is 1. The van der Waals surface area contributed by atoms with Crippen molar-refractivity contribution in [3.8, 4) is 0 Å². The number of aliphatic carboxylic acids is 1. The third-order valence-electron chi connectivity index (χ3n) is 2.33. The van der Waals surface area contributed by atoms with Gasteiger partial charge in [0.25, 0.3) is 0 Å². The molecule has 0 saturated heterocycles. The van der Waals surface area contributed by atoms with E-state index in [2.05, 4.69) is 13.8 Å². The quantitative estimate of drug-likeness (QED) is 0.691. The maximum atomic E-state index is 10.6. The highest BCUT2D eigenvalue weighted by Gasteiger charge is 2.26. The van der Waals surface area contributed by atoms with Crippen LogP contribution in [0.4, 0.5) is 0 Å². The molecule has 0 fully saturated rings. The molecule has 0 heterocycles. The van der Waals surface area contributed by atoms with Gasteiger partial charge in [0, 0.05) is 0 Å². The maximum Gasteiger partial charge on any atom is 0.308 e. The summed E-state index contributed by atoms with van der Waals surface area (Å²) >= 11 is 0. The number of hydrogen-bond acceptors (Lipinski definition) is 2. The van der Waals surface area contributed by atoms with E-state index in [9.17, 15) is 9.90 Å². The lowest BCUT2D eigenvalue weighted by Gasteiger charge is -2.23. The van der Waals surface area contributed by atoms with Gasteiger partial charge in [-0.05, 0) is 25.2 Å². The molecular weight excluding hydrogens is 168 g/mol. The molecule has 0 radical (unpaired) electrons. The zero-order valence-electron chi connectivity index (χ0n) is 8.82. The van der Waals surface area contributed by atoms with Crippen LogP contribution in [0.5, 0.6) is 0 Å². The molecule has 0 amide bonds. The van der Waals surface area contributed by atoms with Gasteiger partial charge in [-0.25, -0.2) is 0 Å². The first kappa shape index (κ1) is 12.4. The number of carboxylic acid groups (broad SMARTS) is 1. The smallest absolute Gasteiger partial charge is 0.308 e. The predicted molar refractivity (Wildman–Crippen MR) is 51.4 cm³/mol. The molecule has 0 rings (SSSR count). The molecule has 13 heavy (non-hydrogen) atoms. The molecule has 0 saturated carbocycles. The zero-order valence-corrected chi connectivity index (χ0v) is 8.82. The second kappa shape index (κ2) is 5.22. The van der Waals surface area contributed by atoms with Crippen LogP contribution in [0, 0.1) is 17.8 Å². The first-order valence-corrected chi connectivity index (χ1v) is 4.77. The fraction of sp³-hybridized carbons (Fsp3) is 0.900. The molecule has 3 nitrogen and oxygen atoms in total. The van der Waals surface area contributed by atoms with Gasteiger partial charge >= 0.3 is 5.97 Å². The number of aliphatic hydroxyl groups excluding tert-OH is 1. The van der Waals surface area contributed by atoms with Crippen molar-refractivity contribution in [2.24, 2.45) is 17.8 Å². The van der Waals surface area contributed by atoms with E-state index in [0.29, 0.717) is 5.92 Å². The van der Waals surface area contributed by atoms with Crippen molar-refractivity contribution in [2.45, 2.75) is 40.2 Å². The van der Waals surface area contributed by atoms with E-state index in [-0.39, 0.29) is 5.92 Å². The van der Waals surface area contributed by atoms with Crippen molar-refractivity contribution in [1.82, 2.24) is 0 Å². The number of hydrogen-bond donors (Lipinski definition) is 2. The topological polar surface area (TPSA) is 57.5 Å². The second-order valence-electron chi connectivity index (χ2n) is 4.22. The lowest BCUT2D eigenvalue weighted by Crippen LogP contribution is -2.31. The van der Waals surface area contributed by atoms with E-state index in [4.69, 9.17) is 5.11 Å². The molecule has 0 bridgehead atoms. The van der Waals surface area contributed by atoms with Crippen LogP contribution < -0.4 is 0 Å². The van der Waals surface area contributed by atoms with Crippen molar-refractivity contribution in [3.63, 3.8) is 0 Å². The Morgan fingerprint density at radius 1 is 1.23 bits per heavy atom. The minimum absolute atomic E-state index is 0.0473. The Hall–Kier alpha value is -0.570. The van der Waals surface area contributed by atoms with Gasteiger partial charge < -0.3 is 10.2 Å². The molecule has 0 aromatic rings.